The molecule has 2 aliphatic heterocycles. The minimum atomic E-state index is -1.20. The monoisotopic (exact) mass is 533 g/mol. The second kappa shape index (κ2) is 10.2. The van der Waals surface area contributed by atoms with Crippen LogP contribution in [0.3, 0.4) is 0 Å². The van der Waals surface area contributed by atoms with Crippen molar-refractivity contribution in [1.29, 1.82) is 0 Å². The molecule has 0 unspecified atom stereocenters. The highest BCUT2D eigenvalue weighted by Gasteiger charge is 2.57. The van der Waals surface area contributed by atoms with Crippen molar-refractivity contribution in [1.82, 2.24) is 4.90 Å². The van der Waals surface area contributed by atoms with Gasteiger partial charge in [-0.05, 0) is 61.7 Å². The molecule has 10 heteroatoms. The second-order valence-electron chi connectivity index (χ2n) is 9.30. The molecule has 8 nitrogen and oxygen atoms in total. The maximum Gasteiger partial charge on any atom is 0.487 e. The van der Waals surface area contributed by atoms with Crippen LogP contribution in [0.5, 0.6) is 5.75 Å². The van der Waals surface area contributed by atoms with E-state index >= 15 is 0 Å². The van der Waals surface area contributed by atoms with Gasteiger partial charge in [0.1, 0.15) is 5.75 Å². The quantitative estimate of drug-likeness (QED) is 0.265. The summed E-state index contributed by atoms with van der Waals surface area (Å²) in [6.45, 7) is 2.25. The average Bonchev–Trinajstić information content (AvgIpc) is 3.04. The summed E-state index contributed by atoms with van der Waals surface area (Å²) < 4.78 is 6.68. The predicted octanol–water partition coefficient (Wildman–Crippen LogP) is 3.61. The van der Waals surface area contributed by atoms with Crippen LogP contribution >= 0.6 is 15.9 Å². The lowest BCUT2D eigenvalue weighted by Crippen LogP contribution is -2.44. The number of benzene rings is 1. The van der Waals surface area contributed by atoms with Gasteiger partial charge in [0.25, 0.3) is 0 Å². The van der Waals surface area contributed by atoms with Crippen LogP contribution in [0.2, 0.25) is 0 Å². The fraction of sp³-hybridized carbons (Fsp3) is 0.542. The van der Waals surface area contributed by atoms with E-state index in [-0.39, 0.29) is 36.4 Å². The van der Waals surface area contributed by atoms with Crippen LogP contribution in [0.15, 0.2) is 33.7 Å². The summed E-state index contributed by atoms with van der Waals surface area (Å²) in [5.74, 6) is -2.58. The Bertz CT molecular complexity index is 1030. The first kappa shape index (κ1) is 24.9. The standard InChI is InChI=1S/C24H29BBrNO7/c1-2-13-10-17-21(24(32)27(23(17)31)9-5-3-4-6-20(29)30)16-12-19(34-25(33)22(13)16)15-11-14(26)7-8-18(15)28/h7-8,11,16-17,19,21,28,33H,2-6,9-10,12H2,1H3,(H,29,30)/t16-,17-,19-,21+/m0/s1. The molecule has 2 amide bonds. The summed E-state index contributed by atoms with van der Waals surface area (Å²) in [5.41, 5.74) is 2.19. The van der Waals surface area contributed by atoms with Gasteiger partial charge in [0, 0.05) is 23.0 Å². The zero-order valence-electron chi connectivity index (χ0n) is 19.1. The number of imide groups is 1. The zero-order valence-corrected chi connectivity index (χ0v) is 20.7. The van der Waals surface area contributed by atoms with Crippen molar-refractivity contribution in [2.75, 3.05) is 6.54 Å². The van der Waals surface area contributed by atoms with Crippen molar-refractivity contribution < 1.29 is 34.3 Å². The molecule has 182 valence electrons. The number of fused-ring (bicyclic) bond motifs is 3. The molecular weight excluding hydrogens is 505 g/mol. The normalized spacial score (nSPS) is 26.7. The van der Waals surface area contributed by atoms with Crippen LogP contribution in [-0.2, 0) is 19.0 Å². The summed E-state index contributed by atoms with van der Waals surface area (Å²) in [6, 6.07) is 5.01. The van der Waals surface area contributed by atoms with E-state index in [0.29, 0.717) is 49.6 Å². The minimum absolute atomic E-state index is 0.0488. The smallest absolute Gasteiger partial charge is 0.487 e. The summed E-state index contributed by atoms with van der Waals surface area (Å²) in [7, 11) is -1.20. The lowest BCUT2D eigenvalue weighted by atomic mass is 9.55. The topological polar surface area (TPSA) is 124 Å². The number of carboxylic acid groups (broad SMARTS) is 1. The number of rotatable bonds is 8. The van der Waals surface area contributed by atoms with E-state index in [1.807, 2.05) is 6.92 Å². The summed E-state index contributed by atoms with van der Waals surface area (Å²) in [5, 5.41) is 30.1. The molecule has 0 aromatic heterocycles. The third-order valence-electron chi connectivity index (χ3n) is 7.34. The molecule has 1 aliphatic carbocycles. The molecule has 0 saturated carbocycles. The summed E-state index contributed by atoms with van der Waals surface area (Å²) in [4.78, 5) is 38.7. The van der Waals surface area contributed by atoms with Gasteiger partial charge in [-0.25, -0.2) is 0 Å². The van der Waals surface area contributed by atoms with E-state index < -0.39 is 31.0 Å². The molecule has 1 aromatic rings. The van der Waals surface area contributed by atoms with Gasteiger partial charge in [0.2, 0.25) is 11.8 Å². The van der Waals surface area contributed by atoms with Gasteiger partial charge >= 0.3 is 13.1 Å². The molecule has 1 aromatic carbocycles. The van der Waals surface area contributed by atoms with Gasteiger partial charge in [-0.2, -0.15) is 0 Å². The third-order valence-corrected chi connectivity index (χ3v) is 7.83. The molecule has 0 radical (unpaired) electrons. The first-order valence-electron chi connectivity index (χ1n) is 11.8. The van der Waals surface area contributed by atoms with Crippen molar-refractivity contribution in [3.8, 4) is 5.75 Å². The van der Waals surface area contributed by atoms with Crippen LogP contribution in [0, 0.1) is 17.8 Å². The van der Waals surface area contributed by atoms with Crippen LogP contribution in [0.25, 0.3) is 0 Å². The lowest BCUT2D eigenvalue weighted by Gasteiger charge is -2.42. The predicted molar refractivity (Wildman–Crippen MR) is 127 cm³/mol. The van der Waals surface area contributed by atoms with Gasteiger partial charge in [0.15, 0.2) is 0 Å². The van der Waals surface area contributed by atoms with Gasteiger partial charge in [-0.3, -0.25) is 19.3 Å². The van der Waals surface area contributed by atoms with E-state index in [4.69, 9.17) is 9.76 Å². The molecule has 0 bridgehead atoms. The van der Waals surface area contributed by atoms with E-state index in [9.17, 15) is 24.5 Å². The fourth-order valence-electron chi connectivity index (χ4n) is 5.74. The van der Waals surface area contributed by atoms with Crippen molar-refractivity contribution in [2.45, 2.75) is 58.0 Å². The molecule has 34 heavy (non-hydrogen) atoms. The van der Waals surface area contributed by atoms with Gasteiger partial charge in [-0.15, -0.1) is 0 Å². The number of hydrogen-bond acceptors (Lipinski definition) is 6. The largest absolute Gasteiger partial charge is 0.508 e. The lowest BCUT2D eigenvalue weighted by molar-refractivity contribution is -0.141. The van der Waals surface area contributed by atoms with Crippen molar-refractivity contribution in [3.05, 3.63) is 39.3 Å². The number of carboxylic acids is 1. The Morgan fingerprint density at radius 3 is 2.68 bits per heavy atom. The number of nitrogens with zero attached hydrogens (tertiary/aromatic N) is 1. The van der Waals surface area contributed by atoms with Crippen molar-refractivity contribution >= 4 is 40.8 Å². The maximum atomic E-state index is 13.5. The van der Waals surface area contributed by atoms with Crippen LogP contribution in [0.4, 0.5) is 0 Å². The van der Waals surface area contributed by atoms with Gasteiger partial charge < -0.3 is 19.9 Å². The number of phenolic OH excluding ortho intramolecular Hbond substituents is 1. The Morgan fingerprint density at radius 2 is 1.97 bits per heavy atom. The molecule has 3 N–H and O–H groups in total. The zero-order chi connectivity index (χ0) is 24.6. The van der Waals surface area contributed by atoms with Crippen molar-refractivity contribution in [2.24, 2.45) is 17.8 Å². The Morgan fingerprint density at radius 1 is 1.21 bits per heavy atom. The Kier molecular flexibility index (Phi) is 7.49. The molecule has 2 fully saturated rings. The number of aliphatic carboxylic acids is 1. The van der Waals surface area contributed by atoms with Crippen LogP contribution in [0.1, 0.15) is 63.5 Å². The number of hydrogen-bond donors (Lipinski definition) is 3. The number of carbonyl (C=O) groups is 3. The molecule has 4 rings (SSSR count). The summed E-state index contributed by atoms with van der Waals surface area (Å²) in [6.07, 6.45) is 2.62. The first-order valence-corrected chi connectivity index (χ1v) is 12.6. The fourth-order valence-corrected chi connectivity index (χ4v) is 6.12. The van der Waals surface area contributed by atoms with Crippen LogP contribution in [-0.4, -0.2) is 51.6 Å². The minimum Gasteiger partial charge on any atom is -0.508 e. The highest BCUT2D eigenvalue weighted by atomic mass is 79.9. The Hall–Kier alpha value is -2.17. The highest BCUT2D eigenvalue weighted by Crippen LogP contribution is 2.52. The van der Waals surface area contributed by atoms with Crippen molar-refractivity contribution in [3.63, 3.8) is 0 Å². The SMILES string of the molecule is CCC1=C2B(O)O[C@H](c3cc(Br)ccc3O)C[C@H]2[C@H]2C(=O)N(CCCCCC(=O)O)C(=O)[C@H]2C1. The van der Waals surface area contributed by atoms with Gasteiger partial charge in [-0.1, -0.05) is 34.8 Å². The van der Waals surface area contributed by atoms with Gasteiger partial charge in [0.05, 0.1) is 17.9 Å². The molecule has 2 heterocycles. The van der Waals surface area contributed by atoms with Crippen LogP contribution < -0.4 is 0 Å². The maximum absolute atomic E-state index is 13.5. The van der Waals surface area contributed by atoms with E-state index in [2.05, 4.69) is 15.9 Å². The number of phenols is 1. The Labute approximate surface area is 207 Å². The number of likely N-dealkylation sites (tertiary alicyclic amines) is 1. The van der Waals surface area contributed by atoms with E-state index in [0.717, 1.165) is 10.0 Å². The summed E-state index contributed by atoms with van der Waals surface area (Å²) >= 11 is 3.40. The second-order valence-corrected chi connectivity index (χ2v) is 10.2. The first-order chi connectivity index (χ1) is 16.2. The molecule has 4 atom stereocenters. The number of unbranched alkanes of at least 4 members (excludes halogenated alkanes) is 2. The average molecular weight is 534 g/mol. The molecule has 3 aliphatic rings. The number of allylic oxidation sites excluding steroid dienone is 2. The number of amides is 2. The molecule has 0 spiro atoms. The highest BCUT2D eigenvalue weighted by molar-refractivity contribution is 9.10. The molecular formula is C24H29BBrNO7. The number of aromatic hydroxyl groups is 1. The number of carbonyl (C=O) groups excluding carboxylic acids is 2. The number of halogens is 1. The Balaban J connectivity index is 1.57. The third kappa shape index (κ3) is 4.68. The molecule has 2 saturated heterocycles. The van der Waals surface area contributed by atoms with E-state index in [1.54, 1.807) is 18.2 Å². The van der Waals surface area contributed by atoms with E-state index in [1.165, 1.54) is 4.90 Å².